The van der Waals surface area contributed by atoms with Gasteiger partial charge in [-0.25, -0.2) is 0 Å². The predicted molar refractivity (Wildman–Crippen MR) is 171 cm³/mol. The molecule has 4 aromatic carbocycles. The SMILES string of the molecule is COc1cc(CNC(=O)C(C(=O)NCc2cc(OC)cc(OC)c2)c2ccc(C(=O)Nc3ccccc3N)cc2)cc(OC)c1. The molecule has 11 nitrogen and oxygen atoms in total. The summed E-state index contributed by atoms with van der Waals surface area (Å²) in [6.07, 6.45) is 0. The van der Waals surface area contributed by atoms with E-state index in [1.54, 1.807) is 84.9 Å². The molecule has 45 heavy (non-hydrogen) atoms. The second kappa shape index (κ2) is 15.1. The molecule has 0 bridgehead atoms. The molecule has 0 unspecified atom stereocenters. The van der Waals surface area contributed by atoms with Gasteiger partial charge in [-0.05, 0) is 65.2 Å². The van der Waals surface area contributed by atoms with E-state index in [1.165, 1.54) is 28.4 Å². The van der Waals surface area contributed by atoms with Crippen molar-refractivity contribution in [3.8, 4) is 23.0 Å². The maximum atomic E-state index is 13.6. The Kier molecular flexibility index (Phi) is 10.8. The minimum absolute atomic E-state index is 0.113. The molecule has 0 aliphatic rings. The number of carbonyl (C=O) groups excluding carboxylic acids is 3. The lowest BCUT2D eigenvalue weighted by molar-refractivity contribution is -0.131. The maximum Gasteiger partial charge on any atom is 0.255 e. The van der Waals surface area contributed by atoms with E-state index in [0.717, 1.165) is 11.1 Å². The highest BCUT2D eigenvalue weighted by molar-refractivity contribution is 6.07. The lowest BCUT2D eigenvalue weighted by Gasteiger charge is -2.18. The van der Waals surface area contributed by atoms with Crippen molar-refractivity contribution in [3.63, 3.8) is 0 Å². The first kappa shape index (κ1) is 32.2. The molecule has 0 spiro atoms. The second-order valence-electron chi connectivity index (χ2n) is 9.97. The summed E-state index contributed by atoms with van der Waals surface area (Å²) in [6.45, 7) is 0.227. The fourth-order valence-corrected chi connectivity index (χ4v) is 4.57. The molecule has 11 heteroatoms. The van der Waals surface area contributed by atoms with Crippen molar-refractivity contribution in [2.45, 2.75) is 19.0 Å². The van der Waals surface area contributed by atoms with Crippen LogP contribution < -0.4 is 40.6 Å². The third kappa shape index (κ3) is 8.44. The number of para-hydroxylation sites is 2. The zero-order valence-electron chi connectivity index (χ0n) is 25.5. The number of amides is 3. The predicted octanol–water partition coefficient (Wildman–Crippen LogP) is 4.27. The molecule has 0 aromatic heterocycles. The molecule has 0 aliphatic heterocycles. The van der Waals surface area contributed by atoms with Crippen LogP contribution in [0.3, 0.4) is 0 Å². The van der Waals surface area contributed by atoms with E-state index in [2.05, 4.69) is 16.0 Å². The summed E-state index contributed by atoms with van der Waals surface area (Å²) in [4.78, 5) is 40.1. The number of nitrogen functional groups attached to an aromatic ring is 1. The number of benzene rings is 4. The molecule has 0 heterocycles. The molecular formula is C34H36N4O7. The van der Waals surface area contributed by atoms with Gasteiger partial charge in [-0.3, -0.25) is 14.4 Å². The highest BCUT2D eigenvalue weighted by Gasteiger charge is 2.29. The van der Waals surface area contributed by atoms with Crippen LogP contribution in [0.15, 0.2) is 84.9 Å². The fourth-order valence-electron chi connectivity index (χ4n) is 4.57. The Labute approximate surface area is 261 Å². The summed E-state index contributed by atoms with van der Waals surface area (Å²) in [5.41, 5.74) is 9.02. The van der Waals surface area contributed by atoms with Crippen LogP contribution in [0.25, 0.3) is 0 Å². The van der Waals surface area contributed by atoms with Crippen LogP contribution in [0.2, 0.25) is 0 Å². The van der Waals surface area contributed by atoms with Crippen molar-refractivity contribution >= 4 is 29.1 Å². The van der Waals surface area contributed by atoms with Gasteiger partial charge in [0.1, 0.15) is 28.9 Å². The number of carbonyl (C=O) groups is 3. The number of hydrogen-bond donors (Lipinski definition) is 4. The van der Waals surface area contributed by atoms with Gasteiger partial charge in [-0.2, -0.15) is 0 Å². The van der Waals surface area contributed by atoms with Crippen LogP contribution in [0.4, 0.5) is 11.4 Å². The largest absolute Gasteiger partial charge is 0.497 e. The van der Waals surface area contributed by atoms with Crippen LogP contribution in [0.1, 0.15) is 33.0 Å². The Morgan fingerprint density at radius 3 is 1.51 bits per heavy atom. The van der Waals surface area contributed by atoms with Crippen molar-refractivity contribution in [2.24, 2.45) is 0 Å². The minimum atomic E-state index is -1.23. The molecule has 0 radical (unpaired) electrons. The zero-order valence-corrected chi connectivity index (χ0v) is 25.5. The van der Waals surface area contributed by atoms with Crippen LogP contribution in [0.5, 0.6) is 23.0 Å². The average molecular weight is 613 g/mol. The minimum Gasteiger partial charge on any atom is -0.497 e. The third-order valence-electron chi connectivity index (χ3n) is 7.00. The first-order valence-electron chi connectivity index (χ1n) is 14.0. The van der Waals surface area contributed by atoms with E-state index >= 15 is 0 Å². The van der Waals surface area contributed by atoms with E-state index in [9.17, 15) is 14.4 Å². The third-order valence-corrected chi connectivity index (χ3v) is 7.00. The van der Waals surface area contributed by atoms with Crippen LogP contribution in [0, 0.1) is 0 Å². The van der Waals surface area contributed by atoms with Crippen LogP contribution in [-0.2, 0) is 22.7 Å². The second-order valence-corrected chi connectivity index (χ2v) is 9.97. The van der Waals surface area contributed by atoms with Crippen molar-refractivity contribution in [1.82, 2.24) is 10.6 Å². The molecule has 4 aromatic rings. The van der Waals surface area contributed by atoms with E-state index in [0.29, 0.717) is 45.5 Å². The number of nitrogens with one attached hydrogen (secondary N) is 3. The number of nitrogens with two attached hydrogens (primary N) is 1. The number of ether oxygens (including phenoxy) is 4. The Bertz CT molecular complexity index is 1540. The Morgan fingerprint density at radius 2 is 1.09 bits per heavy atom. The van der Waals surface area contributed by atoms with E-state index in [1.807, 2.05) is 0 Å². The molecule has 5 N–H and O–H groups in total. The molecular weight excluding hydrogens is 576 g/mol. The zero-order chi connectivity index (χ0) is 32.3. The first-order valence-corrected chi connectivity index (χ1v) is 14.0. The van der Waals surface area contributed by atoms with Crippen molar-refractivity contribution < 1.29 is 33.3 Å². The van der Waals surface area contributed by atoms with Gasteiger partial charge in [0.25, 0.3) is 5.91 Å². The number of anilines is 2. The van der Waals surface area contributed by atoms with Crippen molar-refractivity contribution in [3.05, 3.63) is 107 Å². The first-order chi connectivity index (χ1) is 21.7. The topological polar surface area (TPSA) is 150 Å². The summed E-state index contributed by atoms with van der Waals surface area (Å²) >= 11 is 0. The molecule has 0 saturated carbocycles. The average Bonchev–Trinajstić information content (AvgIpc) is 3.07. The Morgan fingerprint density at radius 1 is 0.644 bits per heavy atom. The quantitative estimate of drug-likeness (QED) is 0.129. The Balaban J connectivity index is 1.56. The fraction of sp³-hybridized carbons (Fsp3) is 0.206. The van der Waals surface area contributed by atoms with Gasteiger partial charge in [0.2, 0.25) is 11.8 Å². The number of hydrogen-bond acceptors (Lipinski definition) is 8. The molecule has 234 valence electrons. The van der Waals surface area contributed by atoms with Gasteiger partial charge in [0.05, 0.1) is 39.8 Å². The smallest absolute Gasteiger partial charge is 0.255 e. The summed E-state index contributed by atoms with van der Waals surface area (Å²) in [5, 5.41) is 8.47. The van der Waals surface area contributed by atoms with Gasteiger partial charge < -0.3 is 40.6 Å². The maximum absolute atomic E-state index is 13.6. The van der Waals surface area contributed by atoms with Gasteiger partial charge in [0.15, 0.2) is 0 Å². The van der Waals surface area contributed by atoms with Crippen LogP contribution >= 0.6 is 0 Å². The summed E-state index contributed by atoms with van der Waals surface area (Å²) in [6, 6.07) is 23.7. The summed E-state index contributed by atoms with van der Waals surface area (Å²) in [5.74, 6) is -0.435. The van der Waals surface area contributed by atoms with Crippen molar-refractivity contribution in [1.29, 1.82) is 0 Å². The molecule has 0 saturated heterocycles. The molecule has 0 fully saturated rings. The summed E-state index contributed by atoms with van der Waals surface area (Å²) < 4.78 is 21.3. The van der Waals surface area contributed by atoms with Gasteiger partial charge in [-0.1, -0.05) is 24.3 Å². The van der Waals surface area contributed by atoms with Gasteiger partial charge in [-0.15, -0.1) is 0 Å². The monoisotopic (exact) mass is 612 g/mol. The molecule has 4 rings (SSSR count). The lowest BCUT2D eigenvalue weighted by atomic mass is 9.95. The molecule has 0 atom stereocenters. The van der Waals surface area contributed by atoms with E-state index in [4.69, 9.17) is 24.7 Å². The van der Waals surface area contributed by atoms with Gasteiger partial charge in [0, 0.05) is 30.8 Å². The molecule has 3 amide bonds. The Hall–Kier alpha value is -5.71. The highest BCUT2D eigenvalue weighted by Crippen LogP contribution is 2.25. The van der Waals surface area contributed by atoms with Gasteiger partial charge >= 0.3 is 0 Å². The summed E-state index contributed by atoms with van der Waals surface area (Å²) in [7, 11) is 6.14. The highest BCUT2D eigenvalue weighted by atomic mass is 16.5. The van der Waals surface area contributed by atoms with E-state index < -0.39 is 17.7 Å². The normalized spacial score (nSPS) is 10.5. The standard InChI is InChI=1S/C34H36N4O7/c1-42-25-13-21(14-26(17-25)43-2)19-36-33(40)31(34(41)37-20-22-15-27(44-3)18-28(16-22)45-4)23-9-11-24(12-10-23)32(39)38-30-8-6-5-7-29(30)35/h5-18,31H,19-20,35H2,1-4H3,(H,36,40)(H,37,41)(H,38,39). The number of methoxy groups -OCH3 is 4. The van der Waals surface area contributed by atoms with Crippen molar-refractivity contribution in [2.75, 3.05) is 39.5 Å². The molecule has 0 aliphatic carbocycles. The van der Waals surface area contributed by atoms with E-state index in [-0.39, 0.29) is 19.0 Å². The lowest BCUT2D eigenvalue weighted by Crippen LogP contribution is -2.39. The number of rotatable bonds is 13. The van der Waals surface area contributed by atoms with Crippen LogP contribution in [-0.4, -0.2) is 46.2 Å².